The highest BCUT2D eigenvalue weighted by Crippen LogP contribution is 2.12. The summed E-state index contributed by atoms with van der Waals surface area (Å²) < 4.78 is 10.1. The zero-order valence-corrected chi connectivity index (χ0v) is 8.95. The Balaban J connectivity index is 2.29. The zero-order chi connectivity index (χ0) is 10.2. The lowest BCUT2D eigenvalue weighted by Gasteiger charge is -2.03. The Morgan fingerprint density at radius 1 is 1.00 bits per heavy atom. The normalized spacial score (nSPS) is 10.1. The van der Waals surface area contributed by atoms with E-state index in [4.69, 9.17) is 9.47 Å². The maximum absolute atomic E-state index is 5.09. The number of benzene rings is 1. The minimum atomic E-state index is 0.857. The number of methoxy groups -OCH3 is 2. The summed E-state index contributed by atoms with van der Waals surface area (Å²) in [6.45, 7) is 0.857. The first kappa shape index (κ1) is 11.1. The SMILES string of the molecule is COCCCCc1ccc(OC)cc1. The lowest BCUT2D eigenvalue weighted by Crippen LogP contribution is -1.91. The van der Waals surface area contributed by atoms with Gasteiger partial charge in [0.1, 0.15) is 5.75 Å². The summed E-state index contributed by atoms with van der Waals surface area (Å²) in [6, 6.07) is 8.24. The average Bonchev–Trinajstić information content (AvgIpc) is 2.25. The summed E-state index contributed by atoms with van der Waals surface area (Å²) in [7, 11) is 3.43. The molecule has 0 spiro atoms. The molecule has 2 heteroatoms. The third-order valence-electron chi connectivity index (χ3n) is 2.22. The lowest BCUT2D eigenvalue weighted by atomic mass is 10.1. The van der Waals surface area contributed by atoms with Crippen LogP contribution in [0.25, 0.3) is 0 Å². The molecule has 0 aliphatic rings. The van der Waals surface area contributed by atoms with E-state index in [2.05, 4.69) is 12.1 Å². The highest BCUT2D eigenvalue weighted by Gasteiger charge is 1.94. The van der Waals surface area contributed by atoms with Gasteiger partial charge in [-0.3, -0.25) is 0 Å². The van der Waals surface area contributed by atoms with Crippen LogP contribution in [0.5, 0.6) is 5.75 Å². The summed E-state index contributed by atoms with van der Waals surface area (Å²) >= 11 is 0. The maximum atomic E-state index is 5.09. The van der Waals surface area contributed by atoms with E-state index < -0.39 is 0 Å². The van der Waals surface area contributed by atoms with Crippen LogP contribution < -0.4 is 4.74 Å². The molecular weight excluding hydrogens is 176 g/mol. The molecule has 0 bridgehead atoms. The summed E-state index contributed by atoms with van der Waals surface area (Å²) in [5, 5.41) is 0. The largest absolute Gasteiger partial charge is 0.497 e. The van der Waals surface area contributed by atoms with Crippen molar-refractivity contribution in [3.63, 3.8) is 0 Å². The Kier molecular flexibility index (Phi) is 5.08. The van der Waals surface area contributed by atoms with Gasteiger partial charge in [0.05, 0.1) is 7.11 Å². The van der Waals surface area contributed by atoms with E-state index in [0.29, 0.717) is 0 Å². The topological polar surface area (TPSA) is 18.5 Å². The number of hydrogen-bond acceptors (Lipinski definition) is 2. The molecule has 0 aromatic heterocycles. The van der Waals surface area contributed by atoms with Crippen LogP contribution >= 0.6 is 0 Å². The van der Waals surface area contributed by atoms with Crippen molar-refractivity contribution in [1.82, 2.24) is 0 Å². The molecule has 0 radical (unpaired) electrons. The van der Waals surface area contributed by atoms with Gasteiger partial charge in [-0.15, -0.1) is 0 Å². The molecule has 0 saturated heterocycles. The summed E-state index contributed by atoms with van der Waals surface area (Å²) in [5.74, 6) is 0.922. The third-order valence-corrected chi connectivity index (χ3v) is 2.22. The summed E-state index contributed by atoms with van der Waals surface area (Å²) in [4.78, 5) is 0. The molecule has 0 fully saturated rings. The maximum Gasteiger partial charge on any atom is 0.118 e. The van der Waals surface area contributed by atoms with E-state index in [1.807, 2.05) is 12.1 Å². The van der Waals surface area contributed by atoms with Crippen LogP contribution in [0.15, 0.2) is 24.3 Å². The van der Waals surface area contributed by atoms with Crippen molar-refractivity contribution in [1.29, 1.82) is 0 Å². The standard InChI is InChI=1S/C12H18O2/c1-13-10-4-3-5-11-6-8-12(14-2)9-7-11/h6-9H,3-5,10H2,1-2H3. The van der Waals surface area contributed by atoms with Crippen molar-refractivity contribution in [2.24, 2.45) is 0 Å². The molecular formula is C12H18O2. The number of hydrogen-bond donors (Lipinski definition) is 0. The molecule has 0 unspecified atom stereocenters. The smallest absolute Gasteiger partial charge is 0.118 e. The van der Waals surface area contributed by atoms with Gasteiger partial charge < -0.3 is 9.47 Å². The molecule has 0 saturated carbocycles. The van der Waals surface area contributed by atoms with Crippen LogP contribution in [0.4, 0.5) is 0 Å². The number of ether oxygens (including phenoxy) is 2. The summed E-state index contributed by atoms with van der Waals surface area (Å²) in [5.41, 5.74) is 1.36. The Morgan fingerprint density at radius 2 is 1.71 bits per heavy atom. The van der Waals surface area contributed by atoms with Crippen molar-refractivity contribution >= 4 is 0 Å². The van der Waals surface area contributed by atoms with Gasteiger partial charge in [-0.25, -0.2) is 0 Å². The van der Waals surface area contributed by atoms with Crippen molar-refractivity contribution in [3.05, 3.63) is 29.8 Å². The first-order valence-corrected chi connectivity index (χ1v) is 4.98. The van der Waals surface area contributed by atoms with Crippen molar-refractivity contribution in [2.45, 2.75) is 19.3 Å². The van der Waals surface area contributed by atoms with Gasteiger partial charge in [-0.2, -0.15) is 0 Å². The Hall–Kier alpha value is -1.02. The van der Waals surface area contributed by atoms with Crippen LogP contribution in [0.2, 0.25) is 0 Å². The minimum absolute atomic E-state index is 0.857. The van der Waals surface area contributed by atoms with Gasteiger partial charge in [-0.05, 0) is 37.0 Å². The van der Waals surface area contributed by atoms with Crippen molar-refractivity contribution < 1.29 is 9.47 Å². The van der Waals surface area contributed by atoms with E-state index in [9.17, 15) is 0 Å². The fourth-order valence-electron chi connectivity index (χ4n) is 1.37. The Morgan fingerprint density at radius 3 is 2.29 bits per heavy atom. The van der Waals surface area contributed by atoms with Crippen molar-refractivity contribution in [3.8, 4) is 5.75 Å². The molecule has 1 aromatic rings. The Labute approximate surface area is 85.8 Å². The lowest BCUT2D eigenvalue weighted by molar-refractivity contribution is 0.193. The number of aryl methyl sites for hydroxylation is 1. The fourth-order valence-corrected chi connectivity index (χ4v) is 1.37. The van der Waals surface area contributed by atoms with Crippen LogP contribution in [-0.4, -0.2) is 20.8 Å². The highest BCUT2D eigenvalue weighted by atomic mass is 16.5. The van der Waals surface area contributed by atoms with Gasteiger partial charge in [0.2, 0.25) is 0 Å². The Bertz CT molecular complexity index is 241. The van der Waals surface area contributed by atoms with Gasteiger partial charge in [0, 0.05) is 13.7 Å². The number of unbranched alkanes of at least 4 members (excludes halogenated alkanes) is 1. The molecule has 78 valence electrons. The molecule has 0 aliphatic heterocycles. The van der Waals surface area contributed by atoms with Crippen LogP contribution in [0.1, 0.15) is 18.4 Å². The average molecular weight is 194 g/mol. The van der Waals surface area contributed by atoms with E-state index in [1.54, 1.807) is 14.2 Å². The molecule has 1 aromatic carbocycles. The van der Waals surface area contributed by atoms with Gasteiger partial charge in [0.25, 0.3) is 0 Å². The third kappa shape index (κ3) is 3.79. The second kappa shape index (κ2) is 6.44. The van der Waals surface area contributed by atoms with E-state index >= 15 is 0 Å². The summed E-state index contributed by atoms with van der Waals surface area (Å²) in [6.07, 6.45) is 3.43. The molecule has 0 N–H and O–H groups in total. The van der Waals surface area contributed by atoms with E-state index in [1.165, 1.54) is 12.0 Å². The van der Waals surface area contributed by atoms with Gasteiger partial charge in [0.15, 0.2) is 0 Å². The quantitative estimate of drug-likeness (QED) is 0.648. The predicted octanol–water partition coefficient (Wildman–Crippen LogP) is 2.66. The molecule has 0 aliphatic carbocycles. The minimum Gasteiger partial charge on any atom is -0.497 e. The first-order valence-electron chi connectivity index (χ1n) is 4.98. The monoisotopic (exact) mass is 194 g/mol. The van der Waals surface area contributed by atoms with E-state index in [-0.39, 0.29) is 0 Å². The van der Waals surface area contributed by atoms with Crippen LogP contribution in [-0.2, 0) is 11.2 Å². The molecule has 0 atom stereocenters. The van der Waals surface area contributed by atoms with Crippen LogP contribution in [0.3, 0.4) is 0 Å². The number of rotatable bonds is 6. The molecule has 0 heterocycles. The first-order chi connectivity index (χ1) is 6.86. The predicted molar refractivity (Wildman–Crippen MR) is 57.8 cm³/mol. The zero-order valence-electron chi connectivity index (χ0n) is 8.95. The second-order valence-corrected chi connectivity index (χ2v) is 3.30. The highest BCUT2D eigenvalue weighted by molar-refractivity contribution is 5.27. The van der Waals surface area contributed by atoms with Gasteiger partial charge in [-0.1, -0.05) is 12.1 Å². The second-order valence-electron chi connectivity index (χ2n) is 3.30. The fraction of sp³-hybridized carbons (Fsp3) is 0.500. The molecule has 14 heavy (non-hydrogen) atoms. The molecule has 0 amide bonds. The van der Waals surface area contributed by atoms with E-state index in [0.717, 1.165) is 25.2 Å². The van der Waals surface area contributed by atoms with Crippen LogP contribution in [0, 0.1) is 0 Å². The van der Waals surface area contributed by atoms with Gasteiger partial charge >= 0.3 is 0 Å². The molecule has 2 nitrogen and oxygen atoms in total. The van der Waals surface area contributed by atoms with Crippen molar-refractivity contribution in [2.75, 3.05) is 20.8 Å². The molecule has 1 rings (SSSR count).